The lowest BCUT2D eigenvalue weighted by molar-refractivity contribution is -0.158. The van der Waals surface area contributed by atoms with Gasteiger partial charge in [-0.25, -0.2) is 0 Å². The van der Waals surface area contributed by atoms with Gasteiger partial charge in [-0.1, -0.05) is 0 Å². The molecule has 0 radical (unpaired) electrons. The zero-order valence-electron chi connectivity index (χ0n) is 12.4. The summed E-state index contributed by atoms with van der Waals surface area (Å²) in [5.41, 5.74) is 0. The SMILES string of the molecule is CO[C@H](CC1SCCCS1)[C@H]1OC(C)(C)O[C@@H]1[C@H]1CO1. The summed E-state index contributed by atoms with van der Waals surface area (Å²) in [6, 6.07) is 0. The Morgan fingerprint density at radius 3 is 2.55 bits per heavy atom. The summed E-state index contributed by atoms with van der Waals surface area (Å²) in [6.45, 7) is 4.72. The Morgan fingerprint density at radius 2 is 1.95 bits per heavy atom. The maximum absolute atomic E-state index is 6.11. The van der Waals surface area contributed by atoms with Crippen molar-refractivity contribution in [1.82, 2.24) is 0 Å². The highest BCUT2D eigenvalue weighted by Crippen LogP contribution is 2.40. The van der Waals surface area contributed by atoms with Gasteiger partial charge in [0, 0.05) is 7.11 Å². The van der Waals surface area contributed by atoms with Crippen molar-refractivity contribution in [2.24, 2.45) is 0 Å². The average Bonchev–Trinajstić information content (AvgIpc) is 3.22. The van der Waals surface area contributed by atoms with Gasteiger partial charge in [0.2, 0.25) is 0 Å². The Bertz CT molecular complexity index is 329. The number of epoxide rings is 1. The molecule has 0 saturated carbocycles. The molecule has 3 saturated heterocycles. The lowest BCUT2D eigenvalue weighted by Crippen LogP contribution is -2.41. The van der Waals surface area contributed by atoms with Gasteiger partial charge in [-0.2, -0.15) is 0 Å². The summed E-state index contributed by atoms with van der Waals surface area (Å²) in [5.74, 6) is 1.98. The minimum Gasteiger partial charge on any atom is -0.379 e. The number of hydrogen-bond acceptors (Lipinski definition) is 6. The monoisotopic (exact) mass is 320 g/mol. The third kappa shape index (κ3) is 3.65. The molecule has 0 unspecified atom stereocenters. The predicted octanol–water partition coefficient (Wildman–Crippen LogP) is 2.51. The van der Waals surface area contributed by atoms with E-state index >= 15 is 0 Å². The molecule has 4 atom stereocenters. The molecule has 4 nitrogen and oxygen atoms in total. The van der Waals surface area contributed by atoms with Crippen LogP contribution in [0, 0.1) is 0 Å². The second-order valence-electron chi connectivity index (χ2n) is 5.97. The number of thioether (sulfide) groups is 2. The van der Waals surface area contributed by atoms with Crippen LogP contribution in [0.1, 0.15) is 26.7 Å². The van der Waals surface area contributed by atoms with E-state index in [1.807, 2.05) is 37.4 Å². The highest BCUT2D eigenvalue weighted by Gasteiger charge is 2.52. The van der Waals surface area contributed by atoms with Crippen LogP contribution >= 0.6 is 23.5 Å². The van der Waals surface area contributed by atoms with Crippen LogP contribution in [-0.2, 0) is 18.9 Å². The van der Waals surface area contributed by atoms with Crippen LogP contribution in [0.5, 0.6) is 0 Å². The predicted molar refractivity (Wildman–Crippen MR) is 82.3 cm³/mol. The van der Waals surface area contributed by atoms with Crippen LogP contribution in [0.15, 0.2) is 0 Å². The highest BCUT2D eigenvalue weighted by atomic mass is 32.2. The van der Waals surface area contributed by atoms with Gasteiger partial charge in [0.05, 0.1) is 17.3 Å². The fourth-order valence-electron chi connectivity index (χ4n) is 2.86. The standard InChI is InChI=1S/C14H24O4S2/c1-14(2)17-12(13(18-14)10-8-16-10)9(15-3)7-11-19-5-4-6-20-11/h9-13H,4-8H2,1-3H3/t9-,10-,12-,13-/m1/s1. The van der Waals surface area contributed by atoms with Gasteiger partial charge in [0.25, 0.3) is 0 Å². The van der Waals surface area contributed by atoms with E-state index in [9.17, 15) is 0 Å². The number of rotatable bonds is 5. The molecule has 0 aromatic carbocycles. The molecule has 0 amide bonds. The summed E-state index contributed by atoms with van der Waals surface area (Å²) in [4.78, 5) is 0. The molecule has 0 N–H and O–H groups in total. The van der Waals surface area contributed by atoms with Crippen LogP contribution in [0.4, 0.5) is 0 Å². The molecular formula is C14H24O4S2. The van der Waals surface area contributed by atoms with E-state index in [0.29, 0.717) is 4.58 Å². The fourth-order valence-corrected chi connectivity index (χ4v) is 5.81. The van der Waals surface area contributed by atoms with Crippen LogP contribution in [0.2, 0.25) is 0 Å². The van der Waals surface area contributed by atoms with E-state index in [0.717, 1.165) is 13.0 Å². The van der Waals surface area contributed by atoms with E-state index in [1.54, 1.807) is 7.11 Å². The molecule has 116 valence electrons. The smallest absolute Gasteiger partial charge is 0.164 e. The molecule has 3 rings (SSSR count). The summed E-state index contributed by atoms with van der Waals surface area (Å²) in [7, 11) is 1.78. The first kappa shape index (κ1) is 15.4. The van der Waals surface area contributed by atoms with Crippen molar-refractivity contribution < 1.29 is 18.9 Å². The zero-order valence-corrected chi connectivity index (χ0v) is 14.0. The van der Waals surface area contributed by atoms with Gasteiger partial charge in [0.15, 0.2) is 5.79 Å². The molecule has 20 heavy (non-hydrogen) atoms. The number of hydrogen-bond donors (Lipinski definition) is 0. The van der Waals surface area contributed by atoms with Gasteiger partial charge in [0.1, 0.15) is 18.3 Å². The number of ether oxygens (including phenoxy) is 4. The van der Waals surface area contributed by atoms with Gasteiger partial charge in [-0.05, 0) is 38.2 Å². The van der Waals surface area contributed by atoms with Crippen LogP contribution in [0.25, 0.3) is 0 Å². The van der Waals surface area contributed by atoms with E-state index in [4.69, 9.17) is 18.9 Å². The Kier molecular flexibility index (Phi) is 4.90. The summed E-state index contributed by atoms with van der Waals surface area (Å²) >= 11 is 4.09. The van der Waals surface area contributed by atoms with Crippen molar-refractivity contribution in [1.29, 1.82) is 0 Å². The first-order valence-electron chi connectivity index (χ1n) is 7.32. The van der Waals surface area contributed by atoms with E-state index < -0.39 is 5.79 Å². The Hall–Kier alpha value is 0.540. The Labute approximate surface area is 129 Å². The van der Waals surface area contributed by atoms with Crippen molar-refractivity contribution in [3.8, 4) is 0 Å². The minimum atomic E-state index is -0.537. The van der Waals surface area contributed by atoms with Crippen molar-refractivity contribution in [2.45, 2.75) is 61.5 Å². The van der Waals surface area contributed by atoms with Crippen molar-refractivity contribution in [3.63, 3.8) is 0 Å². The van der Waals surface area contributed by atoms with Crippen molar-refractivity contribution >= 4 is 23.5 Å². The summed E-state index contributed by atoms with van der Waals surface area (Å²) in [6.07, 6.45) is 2.58. The highest BCUT2D eigenvalue weighted by molar-refractivity contribution is 8.17. The molecule has 0 aliphatic carbocycles. The first-order chi connectivity index (χ1) is 9.59. The molecule has 6 heteroatoms. The minimum absolute atomic E-state index is 0.00791. The molecule has 0 aromatic rings. The second kappa shape index (κ2) is 6.34. The summed E-state index contributed by atoms with van der Waals surface area (Å²) < 4.78 is 23.9. The topological polar surface area (TPSA) is 40.2 Å². The largest absolute Gasteiger partial charge is 0.379 e. The van der Waals surface area contributed by atoms with Gasteiger partial charge in [-0.3, -0.25) is 0 Å². The van der Waals surface area contributed by atoms with Crippen LogP contribution in [0.3, 0.4) is 0 Å². The van der Waals surface area contributed by atoms with E-state index in [1.165, 1.54) is 17.9 Å². The first-order valence-corrected chi connectivity index (χ1v) is 9.42. The lowest BCUT2D eigenvalue weighted by atomic mass is 10.0. The van der Waals surface area contributed by atoms with Gasteiger partial charge >= 0.3 is 0 Å². The normalized spacial score (nSPS) is 38.9. The average molecular weight is 320 g/mol. The summed E-state index contributed by atoms with van der Waals surface area (Å²) in [5, 5.41) is 0. The maximum Gasteiger partial charge on any atom is 0.164 e. The molecule has 3 aliphatic heterocycles. The molecule has 0 bridgehead atoms. The molecule has 0 spiro atoms. The second-order valence-corrected chi connectivity index (χ2v) is 8.89. The van der Waals surface area contributed by atoms with E-state index in [-0.39, 0.29) is 24.4 Å². The molecule has 3 heterocycles. The number of methoxy groups -OCH3 is 1. The third-order valence-corrected chi connectivity index (χ3v) is 6.87. The molecule has 3 fully saturated rings. The molecule has 0 aromatic heterocycles. The fraction of sp³-hybridized carbons (Fsp3) is 1.00. The Morgan fingerprint density at radius 1 is 1.25 bits per heavy atom. The van der Waals surface area contributed by atoms with Crippen molar-refractivity contribution in [3.05, 3.63) is 0 Å². The Balaban J connectivity index is 1.64. The van der Waals surface area contributed by atoms with Gasteiger partial charge in [-0.15, -0.1) is 23.5 Å². The maximum atomic E-state index is 6.11. The lowest BCUT2D eigenvalue weighted by Gasteiger charge is -2.29. The van der Waals surface area contributed by atoms with Gasteiger partial charge < -0.3 is 18.9 Å². The quantitative estimate of drug-likeness (QED) is 0.725. The van der Waals surface area contributed by atoms with E-state index in [2.05, 4.69) is 0 Å². The van der Waals surface area contributed by atoms with Crippen LogP contribution < -0.4 is 0 Å². The third-order valence-electron chi connectivity index (χ3n) is 3.88. The molecule has 3 aliphatic rings. The van der Waals surface area contributed by atoms with Crippen molar-refractivity contribution in [2.75, 3.05) is 25.2 Å². The zero-order chi connectivity index (χ0) is 14.2. The van der Waals surface area contributed by atoms with Crippen LogP contribution in [-0.4, -0.2) is 60.0 Å². The molecular weight excluding hydrogens is 296 g/mol.